The fourth-order valence-electron chi connectivity index (χ4n) is 4.36. The second-order valence-corrected chi connectivity index (χ2v) is 11.5. The van der Waals surface area contributed by atoms with E-state index in [2.05, 4.69) is 89.4 Å². The van der Waals surface area contributed by atoms with Gasteiger partial charge in [-0.3, -0.25) is 0 Å². The largest absolute Gasteiger partial charge is 0.303 e. The van der Waals surface area contributed by atoms with E-state index in [0.717, 1.165) is 12.8 Å². The summed E-state index contributed by atoms with van der Waals surface area (Å²) in [5.74, 6) is 0. The number of likely N-dealkylation sites (tertiary alicyclic amines) is 1. The molecule has 0 unspecified atom stereocenters. The number of allylic oxidation sites excluding steroid dienone is 4. The second-order valence-electron chi connectivity index (χ2n) is 10.2. The van der Waals surface area contributed by atoms with Gasteiger partial charge in [-0.15, -0.1) is 6.58 Å². The van der Waals surface area contributed by atoms with Crippen LogP contribution in [0, 0.1) is 5.41 Å². The van der Waals surface area contributed by atoms with Crippen molar-refractivity contribution in [2.75, 3.05) is 19.6 Å². The van der Waals surface area contributed by atoms with Gasteiger partial charge >= 0.3 is 0 Å². The van der Waals surface area contributed by atoms with Gasteiger partial charge in [-0.25, -0.2) is 0 Å². The first-order chi connectivity index (χ1) is 16.7. The van der Waals surface area contributed by atoms with Gasteiger partial charge in [0.2, 0.25) is 0 Å². The molecule has 1 aromatic carbocycles. The molecule has 1 heterocycles. The molecule has 2 aliphatic rings. The first-order valence-corrected chi connectivity index (χ1v) is 15.0. The molecule has 1 aromatic rings. The summed E-state index contributed by atoms with van der Waals surface area (Å²) in [6, 6.07) is 7.22. The van der Waals surface area contributed by atoms with E-state index in [0.29, 0.717) is 10.8 Å². The minimum absolute atomic E-state index is 0.306. The molecule has 0 radical (unpaired) electrons. The summed E-state index contributed by atoms with van der Waals surface area (Å²) in [7, 11) is 0. The quantitative estimate of drug-likeness (QED) is 0.271. The number of rotatable bonds is 7. The molecule has 200 valence electrons. The number of fused-ring (bicyclic) bond motifs is 2. The summed E-state index contributed by atoms with van der Waals surface area (Å²) in [6.07, 6.45) is 16.4. The first kappa shape index (κ1) is 33.8. The second kappa shape index (κ2) is 18.1. The standard InChI is InChI=1S/C23H33NS.C6H12.2C2H6/c1-4-6-7-8-14-24-15-12-23(13-16-24)18-20-17-21(10-11-22(20)23)25-19(3)9-5-2;1-5-6(2,3)4;2*1-2/h6-7,9-11,17H,4-5,8,12-16,18H2,1-3H3;5H,1H2,2-4H3;2*1-2H3/b7-6+,19-9?;;;. The molecule has 1 aliphatic heterocycles. The van der Waals surface area contributed by atoms with Crippen molar-refractivity contribution in [2.45, 2.75) is 118 Å². The van der Waals surface area contributed by atoms with Gasteiger partial charge in [0.25, 0.3) is 0 Å². The van der Waals surface area contributed by atoms with Gasteiger partial charge < -0.3 is 4.90 Å². The third-order valence-electron chi connectivity index (χ3n) is 6.39. The maximum Gasteiger partial charge on any atom is 0.0121 e. The molecule has 0 bridgehead atoms. The van der Waals surface area contributed by atoms with E-state index in [-0.39, 0.29) is 0 Å². The molecular formula is C33H57NS. The zero-order valence-electron chi connectivity index (χ0n) is 25.0. The van der Waals surface area contributed by atoms with E-state index in [1.807, 2.05) is 45.5 Å². The molecule has 3 rings (SSSR count). The highest BCUT2D eigenvalue weighted by molar-refractivity contribution is 8.03. The van der Waals surface area contributed by atoms with Crippen LogP contribution >= 0.6 is 11.8 Å². The van der Waals surface area contributed by atoms with E-state index in [1.165, 1.54) is 55.1 Å². The number of benzene rings is 1. The van der Waals surface area contributed by atoms with Crippen molar-refractivity contribution in [3.8, 4) is 0 Å². The normalized spacial score (nSPS) is 16.6. The molecule has 0 saturated carbocycles. The fraction of sp³-hybridized carbons (Fsp3) is 0.636. The molecule has 1 fully saturated rings. The molecule has 1 saturated heterocycles. The number of nitrogens with zero attached hydrogens (tertiary/aromatic N) is 1. The summed E-state index contributed by atoms with van der Waals surface area (Å²) < 4.78 is 0. The Kier molecular flexibility index (Phi) is 17.4. The van der Waals surface area contributed by atoms with Gasteiger partial charge in [-0.2, -0.15) is 0 Å². The van der Waals surface area contributed by atoms with Crippen LogP contribution in [-0.2, 0) is 11.8 Å². The topological polar surface area (TPSA) is 3.24 Å². The molecule has 2 heteroatoms. The van der Waals surface area contributed by atoms with Gasteiger partial charge in [0.05, 0.1) is 0 Å². The third-order valence-corrected chi connectivity index (χ3v) is 7.37. The van der Waals surface area contributed by atoms with Crippen molar-refractivity contribution in [1.29, 1.82) is 0 Å². The zero-order valence-corrected chi connectivity index (χ0v) is 25.8. The average molecular weight is 500 g/mol. The highest BCUT2D eigenvalue weighted by Gasteiger charge is 2.44. The van der Waals surface area contributed by atoms with Crippen LogP contribution in [0.3, 0.4) is 0 Å². The van der Waals surface area contributed by atoms with Crippen LogP contribution < -0.4 is 0 Å². The highest BCUT2D eigenvalue weighted by Crippen LogP contribution is 2.49. The smallest absolute Gasteiger partial charge is 0.0121 e. The Balaban J connectivity index is 0.000000997. The Morgan fingerprint density at radius 2 is 1.63 bits per heavy atom. The van der Waals surface area contributed by atoms with Crippen LogP contribution in [-0.4, -0.2) is 24.5 Å². The first-order valence-electron chi connectivity index (χ1n) is 14.2. The maximum atomic E-state index is 3.63. The van der Waals surface area contributed by atoms with Crippen molar-refractivity contribution < 1.29 is 0 Å². The molecular weight excluding hydrogens is 442 g/mol. The highest BCUT2D eigenvalue weighted by atomic mass is 32.2. The summed E-state index contributed by atoms with van der Waals surface area (Å²) in [5, 5.41) is 0. The molecule has 0 amide bonds. The van der Waals surface area contributed by atoms with Crippen molar-refractivity contribution in [1.82, 2.24) is 4.90 Å². The SMILES string of the molecule is C=CC(C)(C)C.CC.CC.CCC=C(C)Sc1ccc2c(c1)CC21CCN(CC/C=C/CC)CC1. The van der Waals surface area contributed by atoms with Crippen LogP contribution in [0.5, 0.6) is 0 Å². The van der Waals surface area contributed by atoms with Crippen LogP contribution in [0.15, 0.2) is 58.9 Å². The van der Waals surface area contributed by atoms with E-state index in [9.17, 15) is 0 Å². The van der Waals surface area contributed by atoms with E-state index in [1.54, 1.807) is 11.1 Å². The molecule has 1 nitrogen and oxygen atoms in total. The number of piperidine rings is 1. The molecule has 0 atom stereocenters. The summed E-state index contributed by atoms with van der Waals surface area (Å²) in [4.78, 5) is 5.49. The van der Waals surface area contributed by atoms with Crippen molar-refractivity contribution >= 4 is 11.8 Å². The lowest BCUT2D eigenvalue weighted by atomic mass is 9.59. The predicted octanol–water partition coefficient (Wildman–Crippen LogP) is 10.6. The van der Waals surface area contributed by atoms with Crippen molar-refractivity contribution in [3.63, 3.8) is 0 Å². The van der Waals surface area contributed by atoms with Crippen LogP contribution in [0.1, 0.15) is 112 Å². The number of hydrogen-bond donors (Lipinski definition) is 0. The van der Waals surface area contributed by atoms with Crippen molar-refractivity contribution in [2.24, 2.45) is 5.41 Å². The van der Waals surface area contributed by atoms with Gasteiger partial charge in [0.15, 0.2) is 0 Å². The third kappa shape index (κ3) is 12.0. The summed E-state index contributed by atoms with van der Waals surface area (Å²) in [5.41, 5.74) is 4.07. The molecule has 1 spiro atoms. The zero-order chi connectivity index (χ0) is 26.9. The van der Waals surface area contributed by atoms with Crippen LogP contribution in [0.4, 0.5) is 0 Å². The lowest BCUT2D eigenvalue weighted by Crippen LogP contribution is -2.48. The fourth-order valence-corrected chi connectivity index (χ4v) is 5.32. The summed E-state index contributed by atoms with van der Waals surface area (Å²) in [6.45, 7) is 28.4. The number of hydrogen-bond acceptors (Lipinski definition) is 2. The van der Waals surface area contributed by atoms with Gasteiger partial charge in [-0.05, 0) is 92.1 Å². The summed E-state index contributed by atoms with van der Waals surface area (Å²) >= 11 is 1.92. The molecule has 35 heavy (non-hydrogen) atoms. The lowest BCUT2D eigenvalue weighted by Gasteiger charge is -2.49. The molecule has 1 aliphatic carbocycles. The van der Waals surface area contributed by atoms with Crippen LogP contribution in [0.2, 0.25) is 0 Å². The Hall–Kier alpha value is -1.25. The van der Waals surface area contributed by atoms with E-state index < -0.39 is 0 Å². The maximum absolute atomic E-state index is 3.63. The van der Waals surface area contributed by atoms with Gasteiger partial charge in [0, 0.05) is 16.9 Å². The average Bonchev–Trinajstić information content (AvgIpc) is 2.85. The van der Waals surface area contributed by atoms with E-state index in [4.69, 9.17) is 0 Å². The molecule has 0 N–H and O–H groups in total. The Morgan fingerprint density at radius 3 is 2.11 bits per heavy atom. The van der Waals surface area contributed by atoms with Gasteiger partial charge in [0.1, 0.15) is 0 Å². The molecule has 0 aromatic heterocycles. The Bertz CT molecular complexity index is 758. The predicted molar refractivity (Wildman–Crippen MR) is 164 cm³/mol. The van der Waals surface area contributed by atoms with Gasteiger partial charge in [-0.1, -0.05) is 104 Å². The monoisotopic (exact) mass is 499 g/mol. The number of thioether (sulfide) groups is 1. The van der Waals surface area contributed by atoms with E-state index >= 15 is 0 Å². The van der Waals surface area contributed by atoms with Crippen molar-refractivity contribution in [3.05, 3.63) is 65.1 Å². The lowest BCUT2D eigenvalue weighted by molar-refractivity contribution is 0.145. The van der Waals surface area contributed by atoms with Crippen LogP contribution in [0.25, 0.3) is 0 Å². The Morgan fingerprint density at radius 1 is 1.03 bits per heavy atom. The minimum atomic E-state index is 0.306. The Labute approximate surface area is 224 Å². The minimum Gasteiger partial charge on any atom is -0.303 e.